The van der Waals surface area contributed by atoms with Gasteiger partial charge in [-0.1, -0.05) is 6.92 Å². The molecule has 0 saturated carbocycles. The Balaban J connectivity index is 2.11. The third-order valence-electron chi connectivity index (χ3n) is 3.68. The van der Waals surface area contributed by atoms with Crippen LogP contribution >= 0.6 is 0 Å². The highest BCUT2D eigenvalue weighted by Gasteiger charge is 2.44. The molecule has 0 bridgehead atoms. The molecule has 1 N–H and O–H groups in total. The summed E-state index contributed by atoms with van der Waals surface area (Å²) in [4.78, 5) is 11.2. The molecule has 0 aromatic heterocycles. The number of hydrogen-bond donors (Lipinski definition) is 1. The standard InChI is InChI=1S/C11H19NO5S/c1-8-4-5-12(10(8)11(13)14)18(15,16)7-9-3-2-6-17-9/h8-10H,2-7H2,1H3,(H,13,14). The molecule has 2 saturated heterocycles. The summed E-state index contributed by atoms with van der Waals surface area (Å²) in [6, 6.07) is -0.920. The van der Waals surface area contributed by atoms with Crippen molar-refractivity contribution in [2.45, 2.75) is 38.3 Å². The van der Waals surface area contributed by atoms with Crippen molar-refractivity contribution in [1.82, 2.24) is 4.31 Å². The molecule has 0 aromatic carbocycles. The fraction of sp³-hybridized carbons (Fsp3) is 0.909. The molecule has 2 heterocycles. The smallest absolute Gasteiger partial charge is 0.322 e. The van der Waals surface area contributed by atoms with Gasteiger partial charge in [-0.25, -0.2) is 8.42 Å². The maximum absolute atomic E-state index is 12.2. The van der Waals surface area contributed by atoms with Gasteiger partial charge < -0.3 is 9.84 Å². The number of aliphatic carboxylic acids is 1. The van der Waals surface area contributed by atoms with Crippen LogP contribution in [0.4, 0.5) is 0 Å². The Morgan fingerprint density at radius 2 is 2.17 bits per heavy atom. The SMILES string of the molecule is CC1CCN(S(=O)(=O)CC2CCCO2)C1C(=O)O. The Morgan fingerprint density at radius 3 is 2.72 bits per heavy atom. The minimum Gasteiger partial charge on any atom is -0.480 e. The van der Waals surface area contributed by atoms with E-state index >= 15 is 0 Å². The Labute approximate surface area is 107 Å². The van der Waals surface area contributed by atoms with Crippen molar-refractivity contribution in [3.8, 4) is 0 Å². The van der Waals surface area contributed by atoms with E-state index in [1.54, 1.807) is 6.92 Å². The molecule has 0 amide bonds. The van der Waals surface area contributed by atoms with E-state index < -0.39 is 22.0 Å². The third-order valence-corrected chi connectivity index (χ3v) is 5.60. The minimum atomic E-state index is -3.54. The van der Waals surface area contributed by atoms with Gasteiger partial charge in [-0.15, -0.1) is 0 Å². The summed E-state index contributed by atoms with van der Waals surface area (Å²) < 4.78 is 30.9. The number of hydrogen-bond acceptors (Lipinski definition) is 4. The predicted molar refractivity (Wildman–Crippen MR) is 64.7 cm³/mol. The van der Waals surface area contributed by atoms with Crippen molar-refractivity contribution in [3.63, 3.8) is 0 Å². The van der Waals surface area contributed by atoms with Crippen molar-refractivity contribution in [2.24, 2.45) is 5.92 Å². The number of carboxylic acid groups (broad SMARTS) is 1. The Bertz CT molecular complexity index is 415. The van der Waals surface area contributed by atoms with Crippen molar-refractivity contribution >= 4 is 16.0 Å². The van der Waals surface area contributed by atoms with Gasteiger partial charge in [-0.3, -0.25) is 4.79 Å². The first kappa shape index (κ1) is 13.8. The zero-order valence-corrected chi connectivity index (χ0v) is 11.2. The molecule has 2 aliphatic rings. The summed E-state index contributed by atoms with van der Waals surface area (Å²) in [5.41, 5.74) is 0. The summed E-state index contributed by atoms with van der Waals surface area (Å²) in [6.45, 7) is 2.67. The lowest BCUT2D eigenvalue weighted by Crippen LogP contribution is -2.45. The highest BCUT2D eigenvalue weighted by molar-refractivity contribution is 7.89. The van der Waals surface area contributed by atoms with Crippen LogP contribution in [0.25, 0.3) is 0 Å². The van der Waals surface area contributed by atoms with Crippen LogP contribution in [0.3, 0.4) is 0 Å². The second kappa shape index (κ2) is 5.14. The number of sulfonamides is 1. The lowest BCUT2D eigenvalue weighted by Gasteiger charge is -2.24. The van der Waals surface area contributed by atoms with Gasteiger partial charge in [0.15, 0.2) is 0 Å². The molecule has 3 atom stereocenters. The van der Waals surface area contributed by atoms with Crippen molar-refractivity contribution in [1.29, 1.82) is 0 Å². The summed E-state index contributed by atoms with van der Waals surface area (Å²) in [5, 5.41) is 9.14. The lowest BCUT2D eigenvalue weighted by atomic mass is 10.0. The van der Waals surface area contributed by atoms with Crippen molar-refractivity contribution < 1.29 is 23.1 Å². The quantitative estimate of drug-likeness (QED) is 0.798. The van der Waals surface area contributed by atoms with Crippen LogP contribution < -0.4 is 0 Å². The zero-order valence-electron chi connectivity index (χ0n) is 10.4. The summed E-state index contributed by atoms with van der Waals surface area (Å²) in [7, 11) is -3.54. The first-order valence-corrected chi connectivity index (χ1v) is 7.86. The van der Waals surface area contributed by atoms with Crippen LogP contribution in [0.15, 0.2) is 0 Å². The van der Waals surface area contributed by atoms with Gasteiger partial charge in [-0.2, -0.15) is 4.31 Å². The number of nitrogens with zero attached hydrogens (tertiary/aromatic N) is 1. The van der Waals surface area contributed by atoms with Crippen LogP contribution in [-0.2, 0) is 19.6 Å². The molecule has 0 aliphatic carbocycles. The minimum absolute atomic E-state index is 0.0937. The van der Waals surface area contributed by atoms with Gasteiger partial charge in [0.25, 0.3) is 0 Å². The average Bonchev–Trinajstić information content (AvgIpc) is 2.86. The van der Waals surface area contributed by atoms with Crippen LogP contribution in [0.5, 0.6) is 0 Å². The molecule has 0 aromatic rings. The van der Waals surface area contributed by atoms with E-state index in [-0.39, 0.29) is 17.8 Å². The molecule has 3 unspecified atom stereocenters. The second-order valence-electron chi connectivity index (χ2n) is 5.07. The molecular weight excluding hydrogens is 258 g/mol. The molecule has 6 nitrogen and oxygen atoms in total. The van der Waals surface area contributed by atoms with Gasteiger partial charge >= 0.3 is 5.97 Å². The molecule has 2 rings (SSSR count). The van der Waals surface area contributed by atoms with Gasteiger partial charge in [0, 0.05) is 13.2 Å². The Kier molecular flexibility index (Phi) is 3.93. The Morgan fingerprint density at radius 1 is 1.44 bits per heavy atom. The number of carbonyl (C=O) groups is 1. The van der Waals surface area contributed by atoms with Crippen molar-refractivity contribution in [3.05, 3.63) is 0 Å². The molecule has 0 radical (unpaired) electrons. The van der Waals surface area contributed by atoms with Gasteiger partial charge in [-0.05, 0) is 25.2 Å². The predicted octanol–water partition coefficient (Wildman–Crippen LogP) is 0.290. The number of ether oxygens (including phenoxy) is 1. The highest BCUT2D eigenvalue weighted by atomic mass is 32.2. The summed E-state index contributed by atoms with van der Waals surface area (Å²) >= 11 is 0. The van der Waals surface area contributed by atoms with Crippen molar-refractivity contribution in [2.75, 3.05) is 18.9 Å². The van der Waals surface area contributed by atoms with Gasteiger partial charge in [0.2, 0.25) is 10.0 Å². The average molecular weight is 277 g/mol. The van der Waals surface area contributed by atoms with E-state index in [9.17, 15) is 13.2 Å². The number of carboxylic acids is 1. The van der Waals surface area contributed by atoms with Gasteiger partial charge in [0.05, 0.1) is 11.9 Å². The second-order valence-corrected chi connectivity index (χ2v) is 7.04. The Hall–Kier alpha value is -0.660. The lowest BCUT2D eigenvalue weighted by molar-refractivity contribution is -0.141. The van der Waals surface area contributed by atoms with E-state index in [0.29, 0.717) is 19.6 Å². The van der Waals surface area contributed by atoms with E-state index in [4.69, 9.17) is 9.84 Å². The van der Waals surface area contributed by atoms with E-state index in [2.05, 4.69) is 0 Å². The maximum atomic E-state index is 12.2. The van der Waals surface area contributed by atoms with Gasteiger partial charge in [0.1, 0.15) is 6.04 Å². The van der Waals surface area contributed by atoms with E-state index in [1.165, 1.54) is 0 Å². The molecule has 104 valence electrons. The topological polar surface area (TPSA) is 83.9 Å². The fourth-order valence-corrected chi connectivity index (χ4v) is 4.65. The largest absolute Gasteiger partial charge is 0.480 e. The first-order chi connectivity index (χ1) is 8.42. The molecule has 2 fully saturated rings. The zero-order chi connectivity index (χ0) is 13.3. The molecule has 0 spiro atoms. The monoisotopic (exact) mass is 277 g/mol. The third kappa shape index (κ3) is 2.67. The molecule has 18 heavy (non-hydrogen) atoms. The van der Waals surface area contributed by atoms with Crippen LogP contribution in [0.2, 0.25) is 0 Å². The normalized spacial score (nSPS) is 33.9. The molecule has 2 aliphatic heterocycles. The van der Waals surface area contributed by atoms with E-state index in [0.717, 1.165) is 17.1 Å². The number of rotatable bonds is 4. The first-order valence-electron chi connectivity index (χ1n) is 6.26. The van der Waals surface area contributed by atoms with Crippen LogP contribution in [-0.4, -0.2) is 54.8 Å². The summed E-state index contributed by atoms with van der Waals surface area (Å²) in [6.07, 6.45) is 1.93. The molecule has 7 heteroatoms. The highest BCUT2D eigenvalue weighted by Crippen LogP contribution is 2.28. The van der Waals surface area contributed by atoms with Crippen LogP contribution in [0.1, 0.15) is 26.2 Å². The molecular formula is C11H19NO5S. The maximum Gasteiger partial charge on any atom is 0.322 e. The summed E-state index contributed by atoms with van der Waals surface area (Å²) in [5.74, 6) is -1.29. The van der Waals surface area contributed by atoms with E-state index in [1.807, 2.05) is 0 Å². The fourth-order valence-electron chi connectivity index (χ4n) is 2.70. The van der Waals surface area contributed by atoms with Crippen LogP contribution in [0, 0.1) is 5.92 Å².